The average Bonchev–Trinajstić information content (AvgIpc) is 2.83. The number of hydrogen-bond acceptors (Lipinski definition) is 2. The van der Waals surface area contributed by atoms with Gasteiger partial charge in [0.2, 0.25) is 11.4 Å². The van der Waals surface area contributed by atoms with Gasteiger partial charge in [0.1, 0.15) is 0 Å². The number of nitro benzene ring substituents is 1. The van der Waals surface area contributed by atoms with Crippen LogP contribution in [-0.2, 0) is 6.42 Å². The standard InChI is InChI=1S/C26H23N2O2.BF4/c1-3-24-25(20-10-6-4-7-11-20)19(2)18-27(26(24)21-12-8-5-9-13-21)22-14-16-23(17-15-22)28(29)30;2-1(3,4)5/h4-18H,3H2,1-2H3;/q+1;-1. The smallest absolute Gasteiger partial charge is 0.418 e. The molecule has 0 saturated carbocycles. The minimum atomic E-state index is -6.00. The van der Waals surface area contributed by atoms with E-state index >= 15 is 0 Å². The summed E-state index contributed by atoms with van der Waals surface area (Å²) in [6.45, 7) is 4.30. The lowest BCUT2D eigenvalue weighted by molar-refractivity contribution is -0.584. The Balaban J connectivity index is 0.000000623. The summed E-state index contributed by atoms with van der Waals surface area (Å²) >= 11 is 0. The SMILES string of the molecule is CCc1c(-c2ccccc2)c(C)c[n+](-c2ccc([N+](=O)[O-])cc2)c1-c1ccccc1.F[B-](F)(F)F. The molecule has 0 N–H and O–H groups in total. The number of hydrogen-bond donors (Lipinski definition) is 0. The van der Waals surface area contributed by atoms with Crippen molar-refractivity contribution in [3.63, 3.8) is 0 Å². The van der Waals surface area contributed by atoms with E-state index in [9.17, 15) is 27.4 Å². The fourth-order valence-electron chi connectivity index (χ4n) is 4.02. The minimum absolute atomic E-state index is 0.0916. The average molecular weight is 482 g/mol. The van der Waals surface area contributed by atoms with Gasteiger partial charge in [-0.1, -0.05) is 55.5 Å². The van der Waals surface area contributed by atoms with Crippen molar-refractivity contribution in [1.29, 1.82) is 0 Å². The Morgan fingerprint density at radius 3 is 1.77 bits per heavy atom. The Hall–Kier alpha value is -4.01. The summed E-state index contributed by atoms with van der Waals surface area (Å²) in [6, 6.07) is 27.5. The van der Waals surface area contributed by atoms with Crippen LogP contribution < -0.4 is 4.57 Å². The van der Waals surface area contributed by atoms with Crippen molar-refractivity contribution >= 4 is 12.9 Å². The van der Waals surface area contributed by atoms with E-state index < -0.39 is 7.25 Å². The molecule has 0 aliphatic carbocycles. The number of pyridine rings is 1. The molecule has 9 heteroatoms. The van der Waals surface area contributed by atoms with E-state index in [0.717, 1.165) is 28.9 Å². The minimum Gasteiger partial charge on any atom is -0.418 e. The number of nitro groups is 1. The second-order valence-corrected chi connectivity index (χ2v) is 7.74. The molecule has 0 amide bonds. The quantitative estimate of drug-likeness (QED) is 0.0980. The highest BCUT2D eigenvalue weighted by atomic mass is 19.5. The first-order chi connectivity index (χ1) is 16.6. The zero-order valence-corrected chi connectivity index (χ0v) is 19.2. The topological polar surface area (TPSA) is 47.0 Å². The third kappa shape index (κ3) is 6.53. The van der Waals surface area contributed by atoms with Crippen LogP contribution in [-0.4, -0.2) is 12.2 Å². The second-order valence-electron chi connectivity index (χ2n) is 7.74. The van der Waals surface area contributed by atoms with Crippen molar-refractivity contribution in [3.8, 4) is 28.1 Å². The van der Waals surface area contributed by atoms with Gasteiger partial charge in [-0.25, -0.2) is 0 Å². The molecular weight excluding hydrogens is 459 g/mol. The third-order valence-corrected chi connectivity index (χ3v) is 5.35. The number of nitrogens with zero attached hydrogens (tertiary/aromatic N) is 2. The highest BCUT2D eigenvalue weighted by molar-refractivity contribution is 6.50. The van der Waals surface area contributed by atoms with E-state index in [1.807, 2.05) is 36.4 Å². The van der Waals surface area contributed by atoms with Crippen LogP contribution in [0.5, 0.6) is 0 Å². The van der Waals surface area contributed by atoms with E-state index in [1.54, 1.807) is 12.1 Å². The normalized spacial score (nSPS) is 10.9. The molecule has 3 aromatic carbocycles. The lowest BCUT2D eigenvalue weighted by Gasteiger charge is -2.16. The molecule has 0 aliphatic heterocycles. The summed E-state index contributed by atoms with van der Waals surface area (Å²) in [7, 11) is -6.00. The summed E-state index contributed by atoms with van der Waals surface area (Å²) in [5, 5.41) is 11.1. The first-order valence-electron chi connectivity index (χ1n) is 10.9. The molecule has 0 aliphatic rings. The Morgan fingerprint density at radius 2 is 1.31 bits per heavy atom. The van der Waals surface area contributed by atoms with Crippen LogP contribution in [0.1, 0.15) is 18.1 Å². The van der Waals surface area contributed by atoms with Crippen LogP contribution in [0.15, 0.2) is 91.1 Å². The number of rotatable bonds is 5. The molecule has 4 rings (SSSR count). The van der Waals surface area contributed by atoms with Gasteiger partial charge in [-0.3, -0.25) is 10.1 Å². The molecule has 180 valence electrons. The van der Waals surface area contributed by atoms with Gasteiger partial charge >= 0.3 is 7.25 Å². The molecule has 0 fully saturated rings. The summed E-state index contributed by atoms with van der Waals surface area (Å²) in [5.41, 5.74) is 8.07. The van der Waals surface area contributed by atoms with Crippen molar-refractivity contribution in [2.45, 2.75) is 20.3 Å². The van der Waals surface area contributed by atoms with Gasteiger partial charge in [0.05, 0.1) is 4.92 Å². The van der Waals surface area contributed by atoms with Crippen molar-refractivity contribution < 1.29 is 26.8 Å². The van der Waals surface area contributed by atoms with Crippen molar-refractivity contribution in [3.05, 3.63) is 112 Å². The summed E-state index contributed by atoms with van der Waals surface area (Å²) < 4.78 is 41.2. The maximum absolute atomic E-state index is 11.1. The fraction of sp³-hybridized carbons (Fsp3) is 0.115. The Kier molecular flexibility index (Phi) is 8.01. The largest absolute Gasteiger partial charge is 0.673 e. The third-order valence-electron chi connectivity index (χ3n) is 5.35. The van der Waals surface area contributed by atoms with E-state index in [-0.39, 0.29) is 10.6 Å². The predicted molar refractivity (Wildman–Crippen MR) is 130 cm³/mol. The second kappa shape index (κ2) is 10.9. The highest BCUT2D eigenvalue weighted by Crippen LogP contribution is 2.34. The van der Waals surface area contributed by atoms with Gasteiger partial charge in [0.25, 0.3) is 5.69 Å². The highest BCUT2D eigenvalue weighted by Gasteiger charge is 2.26. The molecule has 0 saturated heterocycles. The lowest BCUT2D eigenvalue weighted by atomic mass is 9.90. The van der Waals surface area contributed by atoms with E-state index in [2.05, 4.69) is 61.0 Å². The van der Waals surface area contributed by atoms with Crippen LogP contribution in [0.4, 0.5) is 23.0 Å². The molecule has 0 bridgehead atoms. The van der Waals surface area contributed by atoms with Crippen LogP contribution >= 0.6 is 0 Å². The maximum atomic E-state index is 11.1. The summed E-state index contributed by atoms with van der Waals surface area (Å²) in [5.74, 6) is 0. The molecule has 1 aromatic heterocycles. The van der Waals surface area contributed by atoms with E-state index in [0.29, 0.717) is 0 Å². The molecule has 4 aromatic rings. The molecule has 4 nitrogen and oxygen atoms in total. The predicted octanol–water partition coefficient (Wildman–Crippen LogP) is 7.38. The number of benzene rings is 3. The molecule has 0 unspecified atom stereocenters. The van der Waals surface area contributed by atoms with Gasteiger partial charge in [-0.05, 0) is 31.0 Å². The first-order valence-corrected chi connectivity index (χ1v) is 10.9. The Morgan fingerprint density at radius 1 is 0.829 bits per heavy atom. The van der Waals surface area contributed by atoms with Crippen LogP contribution in [0.25, 0.3) is 28.1 Å². The fourth-order valence-corrected chi connectivity index (χ4v) is 4.02. The molecule has 1 heterocycles. The Bertz CT molecular complexity index is 1290. The van der Waals surface area contributed by atoms with Gasteiger partial charge in [-0.2, -0.15) is 4.57 Å². The van der Waals surface area contributed by atoms with Gasteiger partial charge < -0.3 is 17.3 Å². The maximum Gasteiger partial charge on any atom is 0.673 e. The molecule has 0 radical (unpaired) electrons. The zero-order chi connectivity index (χ0) is 25.6. The monoisotopic (exact) mass is 482 g/mol. The van der Waals surface area contributed by atoms with Crippen molar-refractivity contribution in [1.82, 2.24) is 0 Å². The van der Waals surface area contributed by atoms with Gasteiger partial charge in [-0.15, -0.1) is 0 Å². The zero-order valence-electron chi connectivity index (χ0n) is 19.2. The molecular formula is C26H23BF4N2O2. The first kappa shape index (κ1) is 25.6. The number of aryl methyl sites for hydroxylation is 1. The van der Waals surface area contributed by atoms with Gasteiger partial charge in [0, 0.05) is 46.5 Å². The molecule has 0 spiro atoms. The van der Waals surface area contributed by atoms with E-state index in [4.69, 9.17) is 0 Å². The van der Waals surface area contributed by atoms with Gasteiger partial charge in [0.15, 0.2) is 6.20 Å². The Labute approximate surface area is 200 Å². The van der Waals surface area contributed by atoms with Crippen LogP contribution in [0.2, 0.25) is 0 Å². The van der Waals surface area contributed by atoms with Crippen molar-refractivity contribution in [2.24, 2.45) is 0 Å². The van der Waals surface area contributed by atoms with Crippen LogP contribution in [0, 0.1) is 17.0 Å². The number of aromatic nitrogens is 1. The van der Waals surface area contributed by atoms with Crippen LogP contribution in [0.3, 0.4) is 0 Å². The number of halogens is 4. The lowest BCUT2D eigenvalue weighted by Crippen LogP contribution is -2.35. The van der Waals surface area contributed by atoms with E-state index in [1.165, 1.54) is 16.7 Å². The summed E-state index contributed by atoms with van der Waals surface area (Å²) in [6.07, 6.45) is 2.99. The molecule has 0 atom stereocenters. The summed E-state index contributed by atoms with van der Waals surface area (Å²) in [4.78, 5) is 10.7. The molecule has 35 heavy (non-hydrogen) atoms. The van der Waals surface area contributed by atoms with Crippen molar-refractivity contribution in [2.75, 3.05) is 0 Å². The number of non-ortho nitro benzene ring substituents is 1.